The number of rotatable bonds is 2. The smallest absolute Gasteiger partial charge is 0.251 e. The first-order valence-corrected chi connectivity index (χ1v) is 11.5. The van der Waals surface area contributed by atoms with Crippen LogP contribution in [0.3, 0.4) is 0 Å². The molecular weight excluding hydrogens is 419 g/mol. The van der Waals surface area contributed by atoms with Gasteiger partial charge in [-0.05, 0) is 49.6 Å². The fourth-order valence-electron chi connectivity index (χ4n) is 4.42. The van der Waals surface area contributed by atoms with Gasteiger partial charge < -0.3 is 5.32 Å². The van der Waals surface area contributed by atoms with Crippen molar-refractivity contribution in [3.05, 3.63) is 47.5 Å². The summed E-state index contributed by atoms with van der Waals surface area (Å²) in [5.41, 5.74) is 5.68. The van der Waals surface area contributed by atoms with Crippen LogP contribution >= 0.6 is 0 Å². The lowest BCUT2D eigenvalue weighted by atomic mass is 9.85. The molecule has 1 aliphatic heterocycles. The molecular formula is C21H21FN6O2S. The molecule has 4 aromatic rings. The number of anilines is 1. The Kier molecular flexibility index (Phi) is 3.89. The van der Waals surface area contributed by atoms with Gasteiger partial charge in [0.15, 0.2) is 0 Å². The molecule has 0 atom stereocenters. The summed E-state index contributed by atoms with van der Waals surface area (Å²) in [6.07, 6.45) is 2.50. The molecule has 3 heterocycles. The summed E-state index contributed by atoms with van der Waals surface area (Å²) in [7, 11) is -1.82. The molecule has 10 heteroatoms. The van der Waals surface area contributed by atoms with Crippen molar-refractivity contribution in [2.45, 2.75) is 26.3 Å². The van der Waals surface area contributed by atoms with Gasteiger partial charge >= 0.3 is 0 Å². The summed E-state index contributed by atoms with van der Waals surface area (Å²) >= 11 is 0. The molecule has 0 saturated carbocycles. The largest absolute Gasteiger partial charge is 0.374 e. The number of benzene rings is 2. The molecule has 0 amide bonds. The van der Waals surface area contributed by atoms with E-state index in [4.69, 9.17) is 0 Å². The summed E-state index contributed by atoms with van der Waals surface area (Å²) in [6, 6.07) is 6.47. The van der Waals surface area contributed by atoms with Crippen LogP contribution in [-0.4, -0.2) is 38.9 Å². The third-order valence-electron chi connectivity index (χ3n) is 5.79. The average molecular weight is 441 g/mol. The highest BCUT2D eigenvalue weighted by atomic mass is 32.2. The second kappa shape index (κ2) is 6.13. The lowest BCUT2D eigenvalue weighted by Gasteiger charge is -2.33. The molecule has 5 rings (SSSR count). The first-order valence-electron chi connectivity index (χ1n) is 9.69. The van der Waals surface area contributed by atoms with Crippen LogP contribution in [0.25, 0.3) is 33.3 Å². The standard InChI is InChI=1S/C21H21FN6O2S/c1-11-13(14-8-12(22)9-17-15(14)10-23-28(17)31(5,29)30)6-7-16-18(11)19-20(21(2,3)24-16)25-26-27(19)4/h6-10,24H,1-5H3. The van der Waals surface area contributed by atoms with Gasteiger partial charge in [-0.2, -0.15) is 9.19 Å². The van der Waals surface area contributed by atoms with E-state index in [2.05, 4.69) is 20.7 Å². The predicted octanol–water partition coefficient (Wildman–Crippen LogP) is 3.41. The third-order valence-corrected chi connectivity index (χ3v) is 6.71. The first kappa shape index (κ1) is 19.7. The van der Waals surface area contributed by atoms with Crippen molar-refractivity contribution in [3.63, 3.8) is 0 Å². The monoisotopic (exact) mass is 440 g/mol. The third kappa shape index (κ3) is 2.78. The molecule has 0 bridgehead atoms. The quantitative estimate of drug-likeness (QED) is 0.513. The minimum atomic E-state index is -3.67. The number of hydrogen-bond acceptors (Lipinski definition) is 6. The van der Waals surface area contributed by atoms with Crippen LogP contribution in [0.1, 0.15) is 25.1 Å². The van der Waals surface area contributed by atoms with Crippen LogP contribution in [0, 0.1) is 12.7 Å². The van der Waals surface area contributed by atoms with Crippen molar-refractivity contribution in [1.29, 1.82) is 0 Å². The number of aromatic nitrogens is 5. The molecule has 31 heavy (non-hydrogen) atoms. The van der Waals surface area contributed by atoms with Gasteiger partial charge in [0.2, 0.25) is 0 Å². The second-order valence-electron chi connectivity index (χ2n) is 8.46. The fourth-order valence-corrected chi connectivity index (χ4v) is 5.15. The Bertz CT molecular complexity index is 1500. The summed E-state index contributed by atoms with van der Waals surface area (Å²) in [5, 5.41) is 16.6. The molecule has 1 N–H and O–H groups in total. The van der Waals surface area contributed by atoms with Gasteiger partial charge in [0, 0.05) is 29.8 Å². The van der Waals surface area contributed by atoms with E-state index in [1.54, 1.807) is 4.68 Å². The Labute approximate surface area is 178 Å². The van der Waals surface area contributed by atoms with E-state index in [-0.39, 0.29) is 5.52 Å². The van der Waals surface area contributed by atoms with Crippen LogP contribution in [0.4, 0.5) is 10.1 Å². The number of nitrogens with one attached hydrogen (secondary N) is 1. The van der Waals surface area contributed by atoms with Crippen molar-refractivity contribution in [1.82, 2.24) is 24.2 Å². The molecule has 0 saturated heterocycles. The topological polar surface area (TPSA) is 94.7 Å². The number of fused-ring (bicyclic) bond motifs is 4. The van der Waals surface area contributed by atoms with Crippen LogP contribution in [-0.2, 0) is 22.6 Å². The zero-order valence-corrected chi connectivity index (χ0v) is 18.5. The maximum Gasteiger partial charge on any atom is 0.251 e. The Morgan fingerprint density at radius 2 is 1.90 bits per heavy atom. The summed E-state index contributed by atoms with van der Waals surface area (Å²) < 4.78 is 41.4. The van der Waals surface area contributed by atoms with Crippen molar-refractivity contribution in [2.75, 3.05) is 11.6 Å². The maximum atomic E-state index is 14.6. The Morgan fingerprint density at radius 1 is 1.16 bits per heavy atom. The maximum absolute atomic E-state index is 14.6. The lowest BCUT2D eigenvalue weighted by molar-refractivity contribution is 0.581. The van der Waals surface area contributed by atoms with Crippen LogP contribution < -0.4 is 5.32 Å². The van der Waals surface area contributed by atoms with Crippen molar-refractivity contribution < 1.29 is 12.8 Å². The highest BCUT2D eigenvalue weighted by molar-refractivity contribution is 7.89. The van der Waals surface area contributed by atoms with Crippen LogP contribution in [0.15, 0.2) is 30.5 Å². The highest BCUT2D eigenvalue weighted by Crippen LogP contribution is 2.46. The zero-order chi connectivity index (χ0) is 22.3. The van der Waals surface area contributed by atoms with E-state index in [0.29, 0.717) is 10.9 Å². The first-order chi connectivity index (χ1) is 14.5. The van der Waals surface area contributed by atoms with Crippen molar-refractivity contribution >= 4 is 26.6 Å². The summed E-state index contributed by atoms with van der Waals surface area (Å²) in [5.74, 6) is -0.535. The van der Waals surface area contributed by atoms with Crippen LogP contribution in [0.2, 0.25) is 0 Å². The fraction of sp³-hybridized carbons (Fsp3) is 0.286. The molecule has 2 aromatic heterocycles. The minimum absolute atomic E-state index is 0.205. The minimum Gasteiger partial charge on any atom is -0.374 e. The van der Waals surface area contributed by atoms with Gasteiger partial charge in [-0.15, -0.1) is 5.10 Å². The lowest BCUT2D eigenvalue weighted by Crippen LogP contribution is -2.32. The molecule has 0 fully saturated rings. The number of hydrogen-bond donors (Lipinski definition) is 1. The Balaban J connectivity index is 1.82. The van der Waals surface area contributed by atoms with Gasteiger partial charge in [0.1, 0.15) is 11.5 Å². The van der Waals surface area contributed by atoms with E-state index in [9.17, 15) is 12.8 Å². The molecule has 2 aromatic carbocycles. The number of halogens is 1. The van der Waals surface area contributed by atoms with Gasteiger partial charge in [-0.3, -0.25) is 0 Å². The van der Waals surface area contributed by atoms with Gasteiger partial charge in [-0.1, -0.05) is 11.3 Å². The van der Waals surface area contributed by atoms with E-state index in [1.807, 2.05) is 40.0 Å². The molecule has 0 spiro atoms. The average Bonchev–Trinajstić information content (AvgIpc) is 3.25. The SMILES string of the molecule is Cc1c(-c2cc(F)cc3c2cnn3S(C)(=O)=O)ccc2c1-c1c(nnn1C)C(C)(C)N2. The van der Waals surface area contributed by atoms with Gasteiger partial charge in [0.05, 0.1) is 29.2 Å². The number of aryl methyl sites for hydroxylation is 1. The van der Waals surface area contributed by atoms with Crippen LogP contribution in [0.5, 0.6) is 0 Å². The predicted molar refractivity (Wildman–Crippen MR) is 117 cm³/mol. The van der Waals surface area contributed by atoms with Crippen molar-refractivity contribution in [3.8, 4) is 22.4 Å². The molecule has 8 nitrogen and oxygen atoms in total. The van der Waals surface area contributed by atoms with Gasteiger partial charge in [-0.25, -0.2) is 17.5 Å². The molecule has 0 radical (unpaired) electrons. The van der Waals surface area contributed by atoms with E-state index < -0.39 is 21.4 Å². The molecule has 1 aliphatic rings. The Morgan fingerprint density at radius 3 is 2.61 bits per heavy atom. The molecule has 160 valence electrons. The summed E-state index contributed by atoms with van der Waals surface area (Å²) in [4.78, 5) is 0. The zero-order valence-electron chi connectivity index (χ0n) is 17.7. The highest BCUT2D eigenvalue weighted by Gasteiger charge is 2.36. The Hall–Kier alpha value is -3.27. The van der Waals surface area contributed by atoms with E-state index >= 15 is 0 Å². The summed E-state index contributed by atoms with van der Waals surface area (Å²) in [6.45, 7) is 6.05. The van der Waals surface area contributed by atoms with E-state index in [0.717, 1.165) is 44.1 Å². The van der Waals surface area contributed by atoms with Crippen molar-refractivity contribution in [2.24, 2.45) is 7.05 Å². The molecule has 0 aliphatic carbocycles. The van der Waals surface area contributed by atoms with E-state index in [1.165, 1.54) is 18.3 Å². The molecule has 0 unspecified atom stereocenters. The second-order valence-corrected chi connectivity index (χ2v) is 10.3. The normalized spacial score (nSPS) is 14.9. The number of nitrogens with zero attached hydrogens (tertiary/aromatic N) is 5. The van der Waals surface area contributed by atoms with Gasteiger partial charge in [0.25, 0.3) is 10.0 Å².